The molecular formula is C12H6ClN3S. The Morgan fingerprint density at radius 1 is 1.41 bits per heavy atom. The van der Waals surface area contributed by atoms with Crippen molar-refractivity contribution in [2.45, 2.75) is 0 Å². The zero-order valence-corrected chi connectivity index (χ0v) is 10.1. The summed E-state index contributed by atoms with van der Waals surface area (Å²) < 4.78 is 0.744. The van der Waals surface area contributed by atoms with Crippen LogP contribution in [0.5, 0.6) is 0 Å². The lowest BCUT2D eigenvalue weighted by Crippen LogP contribution is -1.80. The van der Waals surface area contributed by atoms with Crippen LogP contribution in [0.1, 0.15) is 5.56 Å². The fraction of sp³-hybridized carbons (Fsp3) is 0. The molecule has 0 fully saturated rings. The number of thiophene rings is 1. The molecular weight excluding hydrogens is 254 g/mol. The number of hydrogen-bond acceptors (Lipinski definition) is 3. The van der Waals surface area contributed by atoms with Gasteiger partial charge in [0, 0.05) is 28.9 Å². The molecule has 0 unspecified atom stereocenters. The molecule has 0 aliphatic heterocycles. The van der Waals surface area contributed by atoms with Gasteiger partial charge in [0.25, 0.3) is 0 Å². The minimum atomic E-state index is 0.546. The lowest BCUT2D eigenvalue weighted by molar-refractivity contribution is 1.31. The Balaban J connectivity index is 2.31. The Labute approximate surface area is 106 Å². The van der Waals surface area contributed by atoms with Gasteiger partial charge in [-0.05, 0) is 17.5 Å². The van der Waals surface area contributed by atoms with Gasteiger partial charge >= 0.3 is 0 Å². The van der Waals surface area contributed by atoms with Crippen molar-refractivity contribution in [2.75, 3.05) is 0 Å². The molecule has 3 nitrogen and oxygen atoms in total. The smallest absolute Gasteiger partial charge is 0.137 e. The summed E-state index contributed by atoms with van der Waals surface area (Å²) in [5.41, 5.74) is 3.27. The molecule has 0 aromatic carbocycles. The topological polar surface area (TPSA) is 52.5 Å². The standard InChI is InChI=1S/C12H6ClN3S/c13-11-8(1-2-17-11)10-6-16-12-9(10)3-7(4-14)5-15-12/h1-3,5-6H,(H,15,16). The van der Waals surface area contributed by atoms with Gasteiger partial charge in [0.1, 0.15) is 16.1 Å². The van der Waals surface area contributed by atoms with Crippen LogP contribution in [-0.2, 0) is 0 Å². The van der Waals surface area contributed by atoms with Crippen LogP contribution in [0.4, 0.5) is 0 Å². The highest BCUT2D eigenvalue weighted by Gasteiger charge is 2.11. The van der Waals surface area contributed by atoms with Gasteiger partial charge in [0.15, 0.2) is 0 Å². The van der Waals surface area contributed by atoms with Gasteiger partial charge in [0.2, 0.25) is 0 Å². The van der Waals surface area contributed by atoms with E-state index in [0.29, 0.717) is 5.56 Å². The number of pyridine rings is 1. The second kappa shape index (κ2) is 3.88. The number of aromatic nitrogens is 2. The highest BCUT2D eigenvalue weighted by molar-refractivity contribution is 7.15. The first-order chi connectivity index (χ1) is 8.29. The number of fused-ring (bicyclic) bond motifs is 1. The van der Waals surface area contributed by atoms with E-state index in [1.807, 2.05) is 23.7 Å². The van der Waals surface area contributed by atoms with E-state index in [1.165, 1.54) is 11.3 Å². The Morgan fingerprint density at radius 3 is 3.00 bits per heavy atom. The van der Waals surface area contributed by atoms with Crippen LogP contribution in [0.2, 0.25) is 4.34 Å². The number of nitrogens with zero attached hydrogens (tertiary/aromatic N) is 2. The van der Waals surface area contributed by atoms with Crippen LogP contribution in [0, 0.1) is 11.3 Å². The molecule has 1 N–H and O–H groups in total. The molecule has 0 saturated carbocycles. The van der Waals surface area contributed by atoms with E-state index in [-0.39, 0.29) is 0 Å². The van der Waals surface area contributed by atoms with Gasteiger partial charge in [-0.25, -0.2) is 4.98 Å². The summed E-state index contributed by atoms with van der Waals surface area (Å²) in [7, 11) is 0. The summed E-state index contributed by atoms with van der Waals surface area (Å²) in [6, 6.07) is 5.88. The molecule has 0 amide bonds. The van der Waals surface area contributed by atoms with Crippen LogP contribution in [0.15, 0.2) is 29.9 Å². The van der Waals surface area contributed by atoms with Crippen molar-refractivity contribution in [3.63, 3.8) is 0 Å². The number of aromatic amines is 1. The number of H-pyrrole nitrogens is 1. The molecule has 3 heterocycles. The SMILES string of the molecule is N#Cc1cnc2[nH]cc(-c3ccsc3Cl)c2c1. The number of nitrogens with one attached hydrogen (secondary N) is 1. The third-order valence-corrected chi connectivity index (χ3v) is 3.74. The molecule has 3 aromatic heterocycles. The molecule has 0 saturated heterocycles. The molecule has 5 heteroatoms. The van der Waals surface area contributed by atoms with E-state index in [9.17, 15) is 0 Å². The van der Waals surface area contributed by atoms with Gasteiger partial charge in [-0.2, -0.15) is 5.26 Å². The quantitative estimate of drug-likeness (QED) is 0.722. The number of halogens is 1. The fourth-order valence-electron chi connectivity index (χ4n) is 1.77. The predicted octanol–water partition coefficient (Wildman–Crippen LogP) is 3.82. The van der Waals surface area contributed by atoms with Crippen molar-refractivity contribution in [2.24, 2.45) is 0 Å². The van der Waals surface area contributed by atoms with Gasteiger partial charge in [0.05, 0.1) is 5.56 Å². The van der Waals surface area contributed by atoms with Gasteiger partial charge in [-0.3, -0.25) is 0 Å². The number of rotatable bonds is 1. The average molecular weight is 260 g/mol. The Hall–Kier alpha value is -1.83. The molecule has 0 spiro atoms. The Bertz CT molecular complexity index is 736. The highest BCUT2D eigenvalue weighted by atomic mass is 35.5. The molecule has 82 valence electrons. The summed E-state index contributed by atoms with van der Waals surface area (Å²) in [6.07, 6.45) is 3.42. The summed E-state index contributed by atoms with van der Waals surface area (Å²) in [6.45, 7) is 0. The molecule has 0 atom stereocenters. The normalized spacial score (nSPS) is 10.6. The molecule has 3 aromatic rings. The maximum Gasteiger partial charge on any atom is 0.137 e. The van der Waals surface area contributed by atoms with E-state index in [4.69, 9.17) is 16.9 Å². The molecule has 0 radical (unpaired) electrons. The van der Waals surface area contributed by atoms with Crippen LogP contribution < -0.4 is 0 Å². The molecule has 17 heavy (non-hydrogen) atoms. The van der Waals surface area contributed by atoms with Crippen molar-refractivity contribution in [3.05, 3.63) is 39.8 Å². The summed E-state index contributed by atoms with van der Waals surface area (Å²) in [4.78, 5) is 7.27. The van der Waals surface area contributed by atoms with Crippen molar-refractivity contribution < 1.29 is 0 Å². The number of nitriles is 1. The lowest BCUT2D eigenvalue weighted by atomic mass is 10.1. The second-order valence-electron chi connectivity index (χ2n) is 3.54. The summed E-state index contributed by atoms with van der Waals surface area (Å²) in [5, 5.41) is 11.7. The largest absolute Gasteiger partial charge is 0.346 e. The minimum absolute atomic E-state index is 0.546. The first-order valence-electron chi connectivity index (χ1n) is 4.90. The van der Waals surface area contributed by atoms with E-state index in [1.54, 1.807) is 6.20 Å². The average Bonchev–Trinajstić information content (AvgIpc) is 2.94. The minimum Gasteiger partial charge on any atom is -0.346 e. The van der Waals surface area contributed by atoms with E-state index in [0.717, 1.165) is 26.5 Å². The van der Waals surface area contributed by atoms with Gasteiger partial charge in [-0.15, -0.1) is 11.3 Å². The van der Waals surface area contributed by atoms with Gasteiger partial charge < -0.3 is 4.98 Å². The highest BCUT2D eigenvalue weighted by Crippen LogP contribution is 2.36. The van der Waals surface area contributed by atoms with Crippen LogP contribution in [-0.4, -0.2) is 9.97 Å². The summed E-state index contributed by atoms with van der Waals surface area (Å²) in [5.74, 6) is 0. The van der Waals surface area contributed by atoms with Crippen molar-refractivity contribution in [1.82, 2.24) is 9.97 Å². The van der Waals surface area contributed by atoms with Crippen molar-refractivity contribution in [1.29, 1.82) is 5.26 Å². The molecule has 3 rings (SSSR count). The first-order valence-corrected chi connectivity index (χ1v) is 6.16. The van der Waals surface area contributed by atoms with Crippen LogP contribution in [0.3, 0.4) is 0 Å². The van der Waals surface area contributed by atoms with E-state index < -0.39 is 0 Å². The van der Waals surface area contributed by atoms with Crippen LogP contribution >= 0.6 is 22.9 Å². The zero-order valence-electron chi connectivity index (χ0n) is 8.57. The Kier molecular flexibility index (Phi) is 2.36. The molecule has 0 bridgehead atoms. The molecule has 0 aliphatic rings. The van der Waals surface area contributed by atoms with Crippen LogP contribution in [0.25, 0.3) is 22.2 Å². The van der Waals surface area contributed by atoms with E-state index in [2.05, 4.69) is 16.0 Å². The maximum absolute atomic E-state index is 8.89. The lowest BCUT2D eigenvalue weighted by Gasteiger charge is -1.96. The third-order valence-electron chi connectivity index (χ3n) is 2.57. The van der Waals surface area contributed by atoms with Crippen molar-refractivity contribution in [3.8, 4) is 17.2 Å². The van der Waals surface area contributed by atoms with Crippen molar-refractivity contribution >= 4 is 34.0 Å². The van der Waals surface area contributed by atoms with Gasteiger partial charge in [-0.1, -0.05) is 11.6 Å². The maximum atomic E-state index is 8.89. The first kappa shape index (κ1) is 10.3. The third kappa shape index (κ3) is 1.60. The Morgan fingerprint density at radius 2 is 2.29 bits per heavy atom. The number of hydrogen-bond donors (Lipinski definition) is 1. The fourth-order valence-corrected chi connectivity index (χ4v) is 2.72. The second-order valence-corrected chi connectivity index (χ2v) is 5.06. The van der Waals surface area contributed by atoms with E-state index >= 15 is 0 Å². The molecule has 0 aliphatic carbocycles. The zero-order chi connectivity index (χ0) is 11.8. The summed E-state index contributed by atoms with van der Waals surface area (Å²) >= 11 is 7.61. The monoisotopic (exact) mass is 259 g/mol. The predicted molar refractivity (Wildman–Crippen MR) is 69.1 cm³/mol.